The maximum atomic E-state index is 15.2. The number of carbonyl (C=O) groups is 2. The van der Waals surface area contributed by atoms with E-state index in [1.165, 1.54) is 7.05 Å². The molecule has 0 aliphatic rings. The molecule has 1 aromatic carbocycles. The lowest BCUT2D eigenvalue weighted by Gasteiger charge is -2.18. The Hall–Kier alpha value is -3.29. The molecule has 2 heterocycles. The average molecular weight is 471 g/mol. The van der Waals surface area contributed by atoms with E-state index in [1.54, 1.807) is 0 Å². The van der Waals surface area contributed by atoms with E-state index >= 15 is 8.78 Å². The van der Waals surface area contributed by atoms with Crippen LogP contribution in [-0.4, -0.2) is 35.3 Å². The van der Waals surface area contributed by atoms with Crippen LogP contribution in [0.5, 0.6) is 0 Å². The molecule has 0 aliphatic carbocycles. The first-order valence-electron chi connectivity index (χ1n) is 11.8. The summed E-state index contributed by atoms with van der Waals surface area (Å²) in [5.74, 6) is -2.01. The largest absolute Gasteiger partial charge is 0.359 e. The van der Waals surface area contributed by atoms with Gasteiger partial charge in [-0.2, -0.15) is 0 Å². The maximum Gasteiger partial charge on any atom is 0.251 e. The highest BCUT2D eigenvalue weighted by atomic mass is 19.1. The number of benzene rings is 1. The number of carbonyl (C=O) groups excluding carboxylic acids is 2. The number of nitrogens with zero attached hydrogens (tertiary/aromatic N) is 2. The second-order valence-electron chi connectivity index (χ2n) is 8.66. The summed E-state index contributed by atoms with van der Waals surface area (Å²) in [6.07, 6.45) is 8.03. The standard InChI is InChI=1S/C26H32F2N4O2/c1-4-5-6-7-18(8-10-30-16-33)13-22-25(31-23-12-17(2)9-11-32(22)23)24-20(27)14-19(15-21(24)28)26(34)29-3/h9,11-12,14-16,18H,4-8,10,13H2,1-3H3,(H,29,34)(H,30,33)/t18-/m0/s1. The molecule has 2 amide bonds. The highest BCUT2D eigenvalue weighted by Crippen LogP contribution is 2.33. The van der Waals surface area contributed by atoms with Gasteiger partial charge in [-0.15, -0.1) is 0 Å². The monoisotopic (exact) mass is 470 g/mol. The van der Waals surface area contributed by atoms with E-state index in [-0.39, 0.29) is 22.7 Å². The summed E-state index contributed by atoms with van der Waals surface area (Å²) in [6.45, 7) is 4.61. The second kappa shape index (κ2) is 11.7. The summed E-state index contributed by atoms with van der Waals surface area (Å²) in [7, 11) is 1.41. The van der Waals surface area contributed by atoms with Crippen molar-refractivity contribution in [1.29, 1.82) is 0 Å². The third kappa shape index (κ3) is 5.79. The van der Waals surface area contributed by atoms with Gasteiger partial charge in [-0.05, 0) is 55.5 Å². The Morgan fingerprint density at radius 2 is 1.91 bits per heavy atom. The van der Waals surface area contributed by atoms with E-state index in [2.05, 4.69) is 22.5 Å². The minimum atomic E-state index is -0.829. The molecule has 2 aromatic heterocycles. The molecule has 0 aliphatic heterocycles. The van der Waals surface area contributed by atoms with Gasteiger partial charge in [0, 0.05) is 25.4 Å². The molecule has 2 N–H and O–H groups in total. The fraction of sp³-hybridized carbons (Fsp3) is 0.423. The van der Waals surface area contributed by atoms with Crippen molar-refractivity contribution < 1.29 is 18.4 Å². The van der Waals surface area contributed by atoms with Gasteiger partial charge in [0.2, 0.25) is 6.41 Å². The van der Waals surface area contributed by atoms with Gasteiger partial charge in [0.1, 0.15) is 17.3 Å². The molecule has 3 rings (SSSR count). The Balaban J connectivity index is 2.09. The summed E-state index contributed by atoms with van der Waals surface area (Å²) in [6, 6.07) is 5.90. The van der Waals surface area contributed by atoms with Gasteiger partial charge >= 0.3 is 0 Å². The van der Waals surface area contributed by atoms with Crippen molar-refractivity contribution in [3.8, 4) is 11.3 Å². The first-order chi connectivity index (χ1) is 16.4. The van der Waals surface area contributed by atoms with Crippen LogP contribution in [0.15, 0.2) is 30.5 Å². The van der Waals surface area contributed by atoms with E-state index in [0.717, 1.165) is 49.8 Å². The zero-order chi connectivity index (χ0) is 24.7. The number of fused-ring (bicyclic) bond motifs is 1. The molecule has 1 atom stereocenters. The van der Waals surface area contributed by atoms with Gasteiger partial charge in [0.05, 0.1) is 17.0 Å². The number of halogens is 2. The summed E-state index contributed by atoms with van der Waals surface area (Å²) in [5, 5.41) is 5.11. The third-order valence-corrected chi connectivity index (χ3v) is 6.13. The first-order valence-corrected chi connectivity index (χ1v) is 11.8. The molecule has 0 saturated carbocycles. The number of unbranched alkanes of at least 4 members (excludes halogenated alkanes) is 2. The molecule has 6 nitrogen and oxygen atoms in total. The number of hydrogen-bond donors (Lipinski definition) is 2. The molecule has 0 radical (unpaired) electrons. The SMILES string of the molecule is CCCCC[C@@H](CCNC=O)Cc1c(-c2c(F)cc(C(=O)NC)cc2F)nc2cc(C)ccn12. The highest BCUT2D eigenvalue weighted by molar-refractivity contribution is 5.94. The van der Waals surface area contributed by atoms with Gasteiger partial charge in [0.15, 0.2) is 0 Å². The molecule has 8 heteroatoms. The minimum absolute atomic E-state index is 0.0835. The van der Waals surface area contributed by atoms with Crippen molar-refractivity contribution in [2.45, 2.75) is 52.4 Å². The molecule has 0 fully saturated rings. The van der Waals surface area contributed by atoms with Crippen LogP contribution in [-0.2, 0) is 11.2 Å². The van der Waals surface area contributed by atoms with Crippen molar-refractivity contribution in [1.82, 2.24) is 20.0 Å². The van der Waals surface area contributed by atoms with E-state index in [4.69, 9.17) is 0 Å². The Labute approximate surface area is 198 Å². The molecule has 34 heavy (non-hydrogen) atoms. The van der Waals surface area contributed by atoms with Crippen LogP contribution in [0.4, 0.5) is 8.78 Å². The van der Waals surface area contributed by atoms with Gasteiger partial charge in [-0.1, -0.05) is 32.6 Å². The van der Waals surface area contributed by atoms with Crippen molar-refractivity contribution >= 4 is 18.0 Å². The molecule has 0 spiro atoms. The first kappa shape index (κ1) is 25.3. The smallest absolute Gasteiger partial charge is 0.251 e. The number of rotatable bonds is 12. The van der Waals surface area contributed by atoms with E-state index < -0.39 is 17.5 Å². The van der Waals surface area contributed by atoms with E-state index in [1.807, 2.05) is 29.7 Å². The van der Waals surface area contributed by atoms with Crippen LogP contribution >= 0.6 is 0 Å². The Morgan fingerprint density at radius 1 is 1.18 bits per heavy atom. The number of nitrogens with one attached hydrogen (secondary N) is 2. The molecule has 182 valence electrons. The quantitative estimate of drug-likeness (QED) is 0.294. The minimum Gasteiger partial charge on any atom is -0.359 e. The number of imidazole rings is 1. The fourth-order valence-corrected chi connectivity index (χ4v) is 4.32. The third-order valence-electron chi connectivity index (χ3n) is 6.13. The van der Waals surface area contributed by atoms with Crippen LogP contribution in [0.3, 0.4) is 0 Å². The topological polar surface area (TPSA) is 75.5 Å². The second-order valence-corrected chi connectivity index (χ2v) is 8.66. The predicted molar refractivity (Wildman–Crippen MR) is 129 cm³/mol. The fourth-order valence-electron chi connectivity index (χ4n) is 4.32. The Morgan fingerprint density at radius 3 is 2.56 bits per heavy atom. The molecule has 0 bridgehead atoms. The van der Waals surface area contributed by atoms with Crippen molar-refractivity contribution in [2.75, 3.05) is 13.6 Å². The maximum absolute atomic E-state index is 15.2. The number of hydrogen-bond acceptors (Lipinski definition) is 3. The van der Waals surface area contributed by atoms with Gasteiger partial charge in [0.25, 0.3) is 5.91 Å². The average Bonchev–Trinajstić information content (AvgIpc) is 3.14. The highest BCUT2D eigenvalue weighted by Gasteiger charge is 2.24. The normalized spacial score (nSPS) is 12.0. The molecular formula is C26H32F2N4O2. The molecule has 0 saturated heterocycles. The van der Waals surface area contributed by atoms with E-state index in [0.29, 0.717) is 30.7 Å². The van der Waals surface area contributed by atoms with Gasteiger partial charge < -0.3 is 15.0 Å². The lowest BCUT2D eigenvalue weighted by Crippen LogP contribution is -2.19. The predicted octanol–water partition coefficient (Wildman–Crippen LogP) is 4.82. The van der Waals surface area contributed by atoms with Crippen molar-refractivity contribution in [2.24, 2.45) is 5.92 Å². The number of pyridine rings is 1. The van der Waals surface area contributed by atoms with Crippen molar-refractivity contribution in [3.05, 3.63) is 58.9 Å². The zero-order valence-electron chi connectivity index (χ0n) is 20.0. The lowest BCUT2D eigenvalue weighted by molar-refractivity contribution is -0.109. The van der Waals surface area contributed by atoms with E-state index in [9.17, 15) is 9.59 Å². The number of aromatic nitrogens is 2. The van der Waals surface area contributed by atoms with Crippen LogP contribution in [0, 0.1) is 24.5 Å². The summed E-state index contributed by atoms with van der Waals surface area (Å²) < 4.78 is 32.3. The Kier molecular flexibility index (Phi) is 8.73. The number of amides is 2. The summed E-state index contributed by atoms with van der Waals surface area (Å²) in [4.78, 5) is 27.3. The van der Waals surface area contributed by atoms with Crippen LogP contribution in [0.1, 0.15) is 60.6 Å². The van der Waals surface area contributed by atoms with Crippen LogP contribution in [0.2, 0.25) is 0 Å². The van der Waals surface area contributed by atoms with Crippen LogP contribution < -0.4 is 10.6 Å². The molecule has 0 unspecified atom stereocenters. The van der Waals surface area contributed by atoms with Gasteiger partial charge in [-0.3, -0.25) is 9.59 Å². The zero-order valence-corrected chi connectivity index (χ0v) is 20.0. The summed E-state index contributed by atoms with van der Waals surface area (Å²) in [5.41, 5.74) is 2.24. The Bertz CT molecular complexity index is 1140. The number of aryl methyl sites for hydroxylation is 1. The lowest BCUT2D eigenvalue weighted by atomic mass is 9.91. The summed E-state index contributed by atoms with van der Waals surface area (Å²) >= 11 is 0. The molecule has 3 aromatic rings. The van der Waals surface area contributed by atoms with Crippen molar-refractivity contribution in [3.63, 3.8) is 0 Å². The molecular weight excluding hydrogens is 438 g/mol. The van der Waals surface area contributed by atoms with Crippen LogP contribution in [0.25, 0.3) is 16.9 Å². The van der Waals surface area contributed by atoms with Gasteiger partial charge in [-0.25, -0.2) is 13.8 Å².